The van der Waals surface area contributed by atoms with Gasteiger partial charge in [-0.2, -0.15) is 0 Å². The van der Waals surface area contributed by atoms with Gasteiger partial charge < -0.3 is 19.9 Å². The number of nitrogens with zero attached hydrogens (tertiary/aromatic N) is 4. The Hall–Kier alpha value is -3.01. The van der Waals surface area contributed by atoms with Crippen molar-refractivity contribution >= 4 is 27.7 Å². The molecule has 0 aliphatic rings. The number of carbonyl (C=O) groups is 1. The van der Waals surface area contributed by atoms with E-state index in [9.17, 15) is 9.18 Å². The zero-order valence-electron chi connectivity index (χ0n) is 16.7. The maximum absolute atomic E-state index is 14.0. The van der Waals surface area contributed by atoms with E-state index in [1.165, 1.54) is 29.3 Å². The average molecular weight is 478 g/mol. The lowest BCUT2D eigenvalue weighted by Gasteiger charge is -2.21. The molecular weight excluding hydrogens is 457 g/mol. The van der Waals surface area contributed by atoms with Gasteiger partial charge in [-0.05, 0) is 47.5 Å². The summed E-state index contributed by atoms with van der Waals surface area (Å²) in [6, 6.07) is 5.72. The quantitative estimate of drug-likeness (QED) is 0.549. The maximum Gasteiger partial charge on any atom is 0.258 e. The SMILES string of the molecule is CCc1cc(CN(C)C(=O)c2ccc(F)cc2[C@@H](C)Oc2nc(Br)cnc2N)on1. The van der Waals surface area contributed by atoms with Crippen molar-refractivity contribution in [2.45, 2.75) is 32.9 Å². The summed E-state index contributed by atoms with van der Waals surface area (Å²) in [6.45, 7) is 3.87. The molecule has 1 aromatic carbocycles. The Morgan fingerprint density at radius 1 is 1.40 bits per heavy atom. The van der Waals surface area contributed by atoms with Crippen LogP contribution in [0.15, 0.2) is 39.6 Å². The summed E-state index contributed by atoms with van der Waals surface area (Å²) in [5.41, 5.74) is 7.27. The molecule has 0 radical (unpaired) electrons. The van der Waals surface area contributed by atoms with Crippen LogP contribution in [0.5, 0.6) is 5.88 Å². The molecule has 30 heavy (non-hydrogen) atoms. The minimum absolute atomic E-state index is 0.0849. The smallest absolute Gasteiger partial charge is 0.258 e. The van der Waals surface area contributed by atoms with Crippen LogP contribution < -0.4 is 10.5 Å². The monoisotopic (exact) mass is 477 g/mol. The molecule has 0 saturated heterocycles. The molecule has 8 nitrogen and oxygen atoms in total. The molecule has 0 fully saturated rings. The Kier molecular flexibility index (Phi) is 6.66. The molecular formula is C20H21BrFN5O3. The van der Waals surface area contributed by atoms with Crippen LogP contribution in [0, 0.1) is 5.82 Å². The fraction of sp³-hybridized carbons (Fsp3) is 0.300. The number of aromatic nitrogens is 3. The number of hydrogen-bond acceptors (Lipinski definition) is 7. The molecule has 0 unspecified atom stereocenters. The highest BCUT2D eigenvalue weighted by atomic mass is 79.9. The van der Waals surface area contributed by atoms with E-state index in [0.29, 0.717) is 21.5 Å². The van der Waals surface area contributed by atoms with Crippen molar-refractivity contribution < 1.29 is 18.4 Å². The molecule has 0 aliphatic carbocycles. The highest BCUT2D eigenvalue weighted by Gasteiger charge is 2.23. The standard InChI is InChI=1S/C20H21BrFN5O3/c1-4-13-8-14(30-26-13)10-27(3)20(28)15-6-5-12(22)7-16(15)11(2)29-19-18(23)24-9-17(21)25-19/h5-9,11H,4,10H2,1-3H3,(H2,23,24)/t11-/m1/s1. The summed E-state index contributed by atoms with van der Waals surface area (Å²) in [5.74, 6) is -0.0723. The van der Waals surface area contributed by atoms with Crippen molar-refractivity contribution in [1.82, 2.24) is 20.0 Å². The second-order valence-corrected chi connectivity index (χ2v) is 7.49. The van der Waals surface area contributed by atoms with E-state index in [1.807, 2.05) is 6.92 Å². The number of amides is 1. The number of hydrogen-bond donors (Lipinski definition) is 1. The molecule has 3 rings (SSSR count). The van der Waals surface area contributed by atoms with E-state index in [2.05, 4.69) is 31.1 Å². The first kappa shape index (κ1) is 21.7. The first-order valence-corrected chi connectivity index (χ1v) is 10.0. The first-order valence-electron chi connectivity index (χ1n) is 9.22. The number of aryl methyl sites for hydroxylation is 1. The molecule has 2 N–H and O–H groups in total. The molecule has 0 bridgehead atoms. The van der Waals surface area contributed by atoms with E-state index in [0.717, 1.165) is 12.1 Å². The largest absolute Gasteiger partial charge is 0.467 e. The van der Waals surface area contributed by atoms with Crippen molar-refractivity contribution in [3.8, 4) is 5.88 Å². The Morgan fingerprint density at radius 3 is 2.87 bits per heavy atom. The highest BCUT2D eigenvalue weighted by molar-refractivity contribution is 9.10. The number of ether oxygens (including phenoxy) is 1. The van der Waals surface area contributed by atoms with Crippen LogP contribution in [0.4, 0.5) is 10.2 Å². The molecule has 1 amide bonds. The molecule has 3 aromatic rings. The van der Waals surface area contributed by atoms with E-state index >= 15 is 0 Å². The Balaban J connectivity index is 1.84. The topological polar surface area (TPSA) is 107 Å². The predicted octanol–water partition coefficient (Wildman–Crippen LogP) is 3.92. The fourth-order valence-electron chi connectivity index (χ4n) is 2.85. The molecule has 0 saturated carbocycles. The van der Waals surface area contributed by atoms with Gasteiger partial charge in [0, 0.05) is 24.2 Å². The normalized spacial score (nSPS) is 11.9. The van der Waals surface area contributed by atoms with E-state index in [-0.39, 0.29) is 24.1 Å². The van der Waals surface area contributed by atoms with Gasteiger partial charge in [0.05, 0.1) is 18.4 Å². The Labute approximate surface area is 181 Å². The molecule has 10 heteroatoms. The van der Waals surface area contributed by atoms with E-state index in [1.54, 1.807) is 20.0 Å². The number of benzene rings is 1. The number of halogens is 2. The van der Waals surface area contributed by atoms with Crippen LogP contribution in [-0.2, 0) is 13.0 Å². The van der Waals surface area contributed by atoms with Gasteiger partial charge in [-0.1, -0.05) is 12.1 Å². The molecule has 1 atom stereocenters. The lowest BCUT2D eigenvalue weighted by Crippen LogP contribution is -2.28. The molecule has 0 spiro atoms. The minimum atomic E-state index is -0.712. The molecule has 0 aliphatic heterocycles. The van der Waals surface area contributed by atoms with Crippen molar-refractivity contribution in [1.29, 1.82) is 0 Å². The van der Waals surface area contributed by atoms with Crippen molar-refractivity contribution in [3.63, 3.8) is 0 Å². The lowest BCUT2D eigenvalue weighted by atomic mass is 10.0. The second-order valence-electron chi connectivity index (χ2n) is 6.67. The van der Waals surface area contributed by atoms with Crippen LogP contribution in [-0.4, -0.2) is 33.0 Å². The third-order valence-electron chi connectivity index (χ3n) is 4.42. The number of nitrogens with two attached hydrogens (primary N) is 1. The van der Waals surface area contributed by atoms with E-state index < -0.39 is 11.9 Å². The van der Waals surface area contributed by atoms with Gasteiger partial charge in [0.1, 0.15) is 16.5 Å². The predicted molar refractivity (Wildman–Crippen MR) is 111 cm³/mol. The number of anilines is 1. The zero-order chi connectivity index (χ0) is 21.8. The Bertz CT molecular complexity index is 1060. The fourth-order valence-corrected chi connectivity index (χ4v) is 3.12. The van der Waals surface area contributed by atoms with Crippen LogP contribution in [0.3, 0.4) is 0 Å². The van der Waals surface area contributed by atoms with Gasteiger partial charge in [0.15, 0.2) is 11.6 Å². The third-order valence-corrected chi connectivity index (χ3v) is 4.80. The van der Waals surface area contributed by atoms with Crippen LogP contribution in [0.2, 0.25) is 0 Å². The Morgan fingerprint density at radius 2 is 2.17 bits per heavy atom. The number of nitrogen functional groups attached to an aromatic ring is 1. The van der Waals surface area contributed by atoms with Gasteiger partial charge in [0.2, 0.25) is 0 Å². The summed E-state index contributed by atoms with van der Waals surface area (Å²) in [5, 5.41) is 3.93. The maximum atomic E-state index is 14.0. The van der Waals surface area contributed by atoms with E-state index in [4.69, 9.17) is 15.0 Å². The highest BCUT2D eigenvalue weighted by Crippen LogP contribution is 2.28. The third kappa shape index (κ3) is 4.93. The summed E-state index contributed by atoms with van der Waals surface area (Å²) < 4.78 is 25.4. The minimum Gasteiger partial charge on any atom is -0.467 e. The number of carbonyl (C=O) groups excluding carboxylic acids is 1. The second kappa shape index (κ2) is 9.21. The summed E-state index contributed by atoms with van der Waals surface area (Å²) in [4.78, 5) is 22.6. The van der Waals surface area contributed by atoms with Gasteiger partial charge >= 0.3 is 0 Å². The van der Waals surface area contributed by atoms with Crippen molar-refractivity contribution in [3.05, 3.63) is 63.5 Å². The zero-order valence-corrected chi connectivity index (χ0v) is 18.3. The van der Waals surface area contributed by atoms with Gasteiger partial charge in [-0.3, -0.25) is 4.79 Å². The molecule has 2 heterocycles. The van der Waals surface area contributed by atoms with Crippen LogP contribution in [0.25, 0.3) is 0 Å². The summed E-state index contributed by atoms with van der Waals surface area (Å²) in [6.07, 6.45) is 1.46. The van der Waals surface area contributed by atoms with Crippen molar-refractivity contribution in [2.75, 3.05) is 12.8 Å². The van der Waals surface area contributed by atoms with Gasteiger partial charge in [-0.25, -0.2) is 14.4 Å². The van der Waals surface area contributed by atoms with Crippen LogP contribution in [0.1, 0.15) is 47.3 Å². The molecule has 2 aromatic heterocycles. The lowest BCUT2D eigenvalue weighted by molar-refractivity contribution is 0.0767. The van der Waals surface area contributed by atoms with Gasteiger partial charge in [-0.15, -0.1) is 0 Å². The number of rotatable bonds is 7. The summed E-state index contributed by atoms with van der Waals surface area (Å²) in [7, 11) is 1.63. The summed E-state index contributed by atoms with van der Waals surface area (Å²) >= 11 is 3.21. The van der Waals surface area contributed by atoms with Crippen molar-refractivity contribution in [2.24, 2.45) is 0 Å². The average Bonchev–Trinajstić information content (AvgIpc) is 3.17. The van der Waals surface area contributed by atoms with Gasteiger partial charge in [0.25, 0.3) is 11.8 Å². The molecule has 158 valence electrons. The van der Waals surface area contributed by atoms with Crippen LogP contribution >= 0.6 is 15.9 Å². The first-order chi connectivity index (χ1) is 14.3.